The number of hydrogen-bond donors (Lipinski definition) is 1. The molecule has 0 aromatic carbocycles. The van der Waals surface area contributed by atoms with E-state index in [2.05, 4.69) is 17.2 Å². The van der Waals surface area contributed by atoms with Gasteiger partial charge in [0.15, 0.2) is 0 Å². The monoisotopic (exact) mass is 246 g/mol. The molecule has 18 heavy (non-hydrogen) atoms. The second-order valence-corrected chi connectivity index (χ2v) is 4.16. The van der Waals surface area contributed by atoms with Crippen molar-refractivity contribution in [1.82, 2.24) is 14.1 Å². The van der Waals surface area contributed by atoms with E-state index in [0.717, 1.165) is 24.3 Å². The van der Waals surface area contributed by atoms with Crippen LogP contribution in [-0.2, 0) is 13.1 Å². The first kappa shape index (κ1) is 12.4. The third-order valence-electron chi connectivity index (χ3n) is 2.85. The number of aromatic nitrogens is 3. The van der Waals surface area contributed by atoms with Gasteiger partial charge in [-0.25, -0.2) is 9.78 Å². The maximum atomic E-state index is 12.0. The predicted octanol–water partition coefficient (Wildman–Crippen LogP) is 1.54. The van der Waals surface area contributed by atoms with Crippen molar-refractivity contribution in [3.05, 3.63) is 46.8 Å². The molecule has 96 valence electrons. The molecule has 2 rings (SSSR count). The van der Waals surface area contributed by atoms with E-state index in [0.29, 0.717) is 6.54 Å². The van der Waals surface area contributed by atoms with E-state index >= 15 is 0 Å². The van der Waals surface area contributed by atoms with Crippen molar-refractivity contribution in [2.45, 2.75) is 26.4 Å². The molecule has 5 nitrogen and oxygen atoms in total. The second kappa shape index (κ2) is 5.53. The van der Waals surface area contributed by atoms with Crippen LogP contribution in [0.1, 0.15) is 18.9 Å². The van der Waals surface area contributed by atoms with Gasteiger partial charge in [0.2, 0.25) is 0 Å². The van der Waals surface area contributed by atoms with Crippen LogP contribution in [0.5, 0.6) is 0 Å². The topological polar surface area (TPSA) is 51.9 Å². The lowest BCUT2D eigenvalue weighted by Crippen LogP contribution is -2.24. The van der Waals surface area contributed by atoms with Crippen molar-refractivity contribution in [2.24, 2.45) is 0 Å². The van der Waals surface area contributed by atoms with E-state index < -0.39 is 0 Å². The van der Waals surface area contributed by atoms with Gasteiger partial charge in [0, 0.05) is 37.7 Å². The van der Waals surface area contributed by atoms with Crippen LogP contribution in [0.4, 0.5) is 5.82 Å². The Morgan fingerprint density at radius 3 is 2.83 bits per heavy atom. The number of imidazole rings is 1. The fourth-order valence-corrected chi connectivity index (χ4v) is 1.96. The number of anilines is 1. The third-order valence-corrected chi connectivity index (χ3v) is 2.85. The Kier molecular flexibility index (Phi) is 3.82. The van der Waals surface area contributed by atoms with E-state index in [1.54, 1.807) is 15.3 Å². The predicted molar refractivity (Wildman–Crippen MR) is 71.9 cm³/mol. The molecular formula is C13H18N4O. The first-order valence-corrected chi connectivity index (χ1v) is 6.13. The Balaban J connectivity index is 2.26. The van der Waals surface area contributed by atoms with Crippen LogP contribution in [0, 0.1) is 0 Å². The van der Waals surface area contributed by atoms with E-state index in [1.165, 1.54) is 0 Å². The van der Waals surface area contributed by atoms with Crippen LogP contribution in [0.25, 0.3) is 0 Å². The van der Waals surface area contributed by atoms with Crippen LogP contribution in [0.3, 0.4) is 0 Å². The molecule has 0 saturated carbocycles. The first-order chi connectivity index (χ1) is 8.76. The molecule has 0 aliphatic carbocycles. The molecule has 0 fully saturated rings. The molecular weight excluding hydrogens is 228 g/mol. The van der Waals surface area contributed by atoms with Gasteiger partial charge >= 0.3 is 5.69 Å². The van der Waals surface area contributed by atoms with Crippen LogP contribution < -0.4 is 11.0 Å². The van der Waals surface area contributed by atoms with E-state index in [9.17, 15) is 4.79 Å². The zero-order valence-corrected chi connectivity index (χ0v) is 10.8. The molecule has 0 bridgehead atoms. The molecule has 0 atom stereocenters. The highest BCUT2D eigenvalue weighted by molar-refractivity contribution is 5.42. The summed E-state index contributed by atoms with van der Waals surface area (Å²) < 4.78 is 3.43. The Morgan fingerprint density at radius 2 is 2.11 bits per heavy atom. The van der Waals surface area contributed by atoms with Gasteiger partial charge in [-0.15, -0.1) is 0 Å². The Bertz CT molecular complexity index is 570. The summed E-state index contributed by atoms with van der Waals surface area (Å²) in [5, 5.41) is 3.03. The largest absolute Gasteiger partial charge is 0.373 e. The summed E-state index contributed by atoms with van der Waals surface area (Å²) in [5.41, 5.74) is 1.04. The molecule has 0 spiro atoms. The van der Waals surface area contributed by atoms with Crippen LogP contribution in [-0.4, -0.2) is 21.2 Å². The fourth-order valence-electron chi connectivity index (χ4n) is 1.96. The van der Waals surface area contributed by atoms with Gasteiger partial charge < -0.3 is 5.32 Å². The Morgan fingerprint density at radius 1 is 1.33 bits per heavy atom. The second-order valence-electron chi connectivity index (χ2n) is 4.16. The maximum Gasteiger partial charge on any atom is 0.328 e. The summed E-state index contributed by atoms with van der Waals surface area (Å²) >= 11 is 0. The van der Waals surface area contributed by atoms with Gasteiger partial charge in [-0.05, 0) is 12.5 Å². The molecule has 1 N–H and O–H groups in total. The number of nitrogens with one attached hydrogen (secondary N) is 1. The minimum absolute atomic E-state index is 0.0303. The van der Waals surface area contributed by atoms with E-state index in [4.69, 9.17) is 0 Å². The zero-order valence-electron chi connectivity index (χ0n) is 10.8. The number of pyridine rings is 1. The summed E-state index contributed by atoms with van der Waals surface area (Å²) in [5.74, 6) is 0.813. The van der Waals surface area contributed by atoms with Crippen molar-refractivity contribution in [2.75, 3.05) is 12.4 Å². The van der Waals surface area contributed by atoms with Crippen molar-refractivity contribution in [3.8, 4) is 0 Å². The van der Waals surface area contributed by atoms with Gasteiger partial charge in [-0.1, -0.05) is 13.0 Å². The first-order valence-electron chi connectivity index (χ1n) is 6.13. The van der Waals surface area contributed by atoms with Gasteiger partial charge in [0.1, 0.15) is 5.82 Å². The van der Waals surface area contributed by atoms with Crippen molar-refractivity contribution in [1.29, 1.82) is 0 Å². The molecule has 0 radical (unpaired) electrons. The zero-order chi connectivity index (χ0) is 13.0. The lowest BCUT2D eigenvalue weighted by molar-refractivity contribution is 0.624. The SMILES string of the molecule is CCCn1ccn(Cc2cccnc2NC)c1=O. The number of hydrogen-bond acceptors (Lipinski definition) is 3. The highest BCUT2D eigenvalue weighted by atomic mass is 16.1. The highest BCUT2D eigenvalue weighted by Crippen LogP contribution is 2.11. The summed E-state index contributed by atoms with van der Waals surface area (Å²) in [6.07, 6.45) is 6.35. The van der Waals surface area contributed by atoms with E-state index in [-0.39, 0.29) is 5.69 Å². The van der Waals surface area contributed by atoms with Crippen LogP contribution in [0.15, 0.2) is 35.5 Å². The average molecular weight is 246 g/mol. The smallest absolute Gasteiger partial charge is 0.328 e. The number of rotatable bonds is 5. The molecule has 0 amide bonds. The fraction of sp³-hybridized carbons (Fsp3) is 0.385. The summed E-state index contributed by atoms with van der Waals surface area (Å²) in [4.78, 5) is 16.3. The number of aryl methyl sites for hydroxylation is 1. The molecule has 2 aromatic rings. The van der Waals surface area contributed by atoms with Crippen molar-refractivity contribution in [3.63, 3.8) is 0 Å². The van der Waals surface area contributed by atoms with Gasteiger partial charge in [-0.2, -0.15) is 0 Å². The lowest BCUT2D eigenvalue weighted by Gasteiger charge is -2.07. The van der Waals surface area contributed by atoms with Crippen LogP contribution in [0.2, 0.25) is 0 Å². The van der Waals surface area contributed by atoms with Crippen molar-refractivity contribution >= 4 is 5.82 Å². The molecule has 0 aliphatic heterocycles. The quantitative estimate of drug-likeness (QED) is 0.870. The molecule has 0 saturated heterocycles. The minimum Gasteiger partial charge on any atom is -0.373 e. The molecule has 2 aromatic heterocycles. The van der Waals surface area contributed by atoms with Gasteiger partial charge in [-0.3, -0.25) is 9.13 Å². The molecule has 5 heteroatoms. The summed E-state index contributed by atoms with van der Waals surface area (Å²) in [6, 6.07) is 3.85. The summed E-state index contributed by atoms with van der Waals surface area (Å²) in [6.45, 7) is 3.36. The minimum atomic E-state index is 0.0303. The highest BCUT2D eigenvalue weighted by Gasteiger charge is 2.06. The molecule has 0 unspecified atom stereocenters. The maximum absolute atomic E-state index is 12.0. The molecule has 2 heterocycles. The van der Waals surface area contributed by atoms with Gasteiger partial charge in [0.05, 0.1) is 6.54 Å². The van der Waals surface area contributed by atoms with Crippen LogP contribution >= 0.6 is 0 Å². The lowest BCUT2D eigenvalue weighted by atomic mass is 10.2. The average Bonchev–Trinajstić information content (AvgIpc) is 2.73. The Labute approximate surface area is 106 Å². The standard InChI is InChI=1S/C13H18N4O/c1-3-7-16-8-9-17(13(16)18)10-11-5-4-6-15-12(11)14-2/h4-6,8-9H,3,7,10H2,1-2H3,(H,14,15). The summed E-state index contributed by atoms with van der Waals surface area (Å²) in [7, 11) is 1.83. The van der Waals surface area contributed by atoms with Crippen molar-refractivity contribution < 1.29 is 0 Å². The number of nitrogens with zero attached hydrogens (tertiary/aromatic N) is 3. The molecule has 0 aliphatic rings. The van der Waals surface area contributed by atoms with Gasteiger partial charge in [0.25, 0.3) is 0 Å². The normalized spacial score (nSPS) is 10.6. The van der Waals surface area contributed by atoms with E-state index in [1.807, 2.05) is 31.6 Å². The Hall–Kier alpha value is -2.04. The third kappa shape index (κ3) is 2.45.